The highest BCUT2D eigenvalue weighted by Crippen LogP contribution is 2.30. The quantitative estimate of drug-likeness (QED) is 0.584. The zero-order chi connectivity index (χ0) is 24.9. The van der Waals surface area contributed by atoms with Gasteiger partial charge in [-0.3, -0.25) is 4.79 Å². The summed E-state index contributed by atoms with van der Waals surface area (Å²) in [5.74, 6) is -1.88. The molecule has 184 valence electrons. The molecule has 0 unspecified atom stereocenters. The Kier molecular flexibility index (Phi) is 7.74. The van der Waals surface area contributed by atoms with Gasteiger partial charge in [0.1, 0.15) is 5.60 Å². The van der Waals surface area contributed by atoms with E-state index in [0.29, 0.717) is 44.8 Å². The molecule has 0 atom stereocenters. The average Bonchev–Trinajstić information content (AvgIpc) is 2.77. The van der Waals surface area contributed by atoms with Crippen LogP contribution in [0.4, 0.5) is 29.3 Å². The van der Waals surface area contributed by atoms with Crippen LogP contribution >= 0.6 is 0 Å². The van der Waals surface area contributed by atoms with Crippen LogP contribution in [0.15, 0.2) is 48.5 Å². The Labute approximate surface area is 197 Å². The van der Waals surface area contributed by atoms with Gasteiger partial charge in [0.25, 0.3) is 5.78 Å². The molecule has 1 heterocycles. The maximum atomic E-state index is 13.2. The summed E-state index contributed by atoms with van der Waals surface area (Å²) < 4.78 is 44.9. The number of rotatable bonds is 6. The number of amides is 1. The molecule has 0 bridgehead atoms. The highest BCUT2D eigenvalue weighted by Gasteiger charge is 2.40. The van der Waals surface area contributed by atoms with E-state index in [1.807, 2.05) is 35.2 Å². The third-order valence-electron chi connectivity index (χ3n) is 5.37. The molecule has 1 aliphatic rings. The minimum Gasteiger partial charge on any atom is -0.444 e. The molecule has 1 fully saturated rings. The minimum atomic E-state index is -4.96. The molecule has 0 spiro atoms. The van der Waals surface area contributed by atoms with Crippen molar-refractivity contribution in [3.8, 4) is 0 Å². The lowest BCUT2D eigenvalue weighted by molar-refractivity contribution is -0.0884. The van der Waals surface area contributed by atoms with Crippen molar-refractivity contribution in [3.63, 3.8) is 0 Å². The first-order chi connectivity index (χ1) is 15.9. The Morgan fingerprint density at radius 2 is 1.62 bits per heavy atom. The lowest BCUT2D eigenvalue weighted by atomic mass is 10.1. The minimum absolute atomic E-state index is 0.144. The summed E-state index contributed by atoms with van der Waals surface area (Å²) in [7, 11) is 0. The van der Waals surface area contributed by atoms with Crippen molar-refractivity contribution in [2.45, 2.75) is 39.0 Å². The molecule has 6 nitrogen and oxygen atoms in total. The van der Waals surface area contributed by atoms with Crippen molar-refractivity contribution in [2.75, 3.05) is 42.9 Å². The van der Waals surface area contributed by atoms with Crippen LogP contribution in [-0.4, -0.2) is 61.3 Å². The van der Waals surface area contributed by atoms with Crippen molar-refractivity contribution < 1.29 is 27.5 Å². The molecule has 1 N–H and O–H groups in total. The summed E-state index contributed by atoms with van der Waals surface area (Å²) in [5, 5.41) is 3.01. The van der Waals surface area contributed by atoms with E-state index >= 15 is 0 Å². The van der Waals surface area contributed by atoms with E-state index in [1.165, 1.54) is 12.1 Å². The summed E-state index contributed by atoms with van der Waals surface area (Å²) in [6.07, 6.45) is -4.75. The van der Waals surface area contributed by atoms with Crippen molar-refractivity contribution in [1.29, 1.82) is 0 Å². The standard InChI is InChI=1S/C25H30F3N3O3/c1-24(2,3)34-23(33)31-15-13-30(14-16-31)19-9-10-20(22(32)25(26,27)28)21(17-19)29-12-11-18-7-5-4-6-8-18/h4-10,17,29H,11-16H2,1-3H3. The second kappa shape index (κ2) is 10.4. The molecule has 3 rings (SSSR count). The van der Waals surface area contributed by atoms with Gasteiger partial charge in [-0.2, -0.15) is 13.2 Å². The van der Waals surface area contributed by atoms with Crippen LogP contribution in [0.2, 0.25) is 0 Å². The Balaban J connectivity index is 1.72. The molecule has 34 heavy (non-hydrogen) atoms. The number of ketones is 1. The lowest BCUT2D eigenvalue weighted by Gasteiger charge is -2.37. The lowest BCUT2D eigenvalue weighted by Crippen LogP contribution is -2.50. The van der Waals surface area contributed by atoms with Gasteiger partial charge < -0.3 is 19.9 Å². The third kappa shape index (κ3) is 6.88. The number of ether oxygens (including phenoxy) is 1. The number of carbonyl (C=O) groups excluding carboxylic acids is 2. The molecule has 0 saturated carbocycles. The van der Waals surface area contributed by atoms with E-state index in [-0.39, 0.29) is 11.8 Å². The predicted molar refractivity (Wildman–Crippen MR) is 125 cm³/mol. The summed E-state index contributed by atoms with van der Waals surface area (Å²) in [4.78, 5) is 27.9. The van der Waals surface area contributed by atoms with E-state index in [2.05, 4.69) is 5.32 Å². The molecule has 1 aliphatic heterocycles. The van der Waals surface area contributed by atoms with Gasteiger partial charge >= 0.3 is 12.3 Å². The zero-order valence-electron chi connectivity index (χ0n) is 19.6. The Bertz CT molecular complexity index is 996. The number of benzene rings is 2. The molecule has 2 aromatic carbocycles. The largest absolute Gasteiger partial charge is 0.454 e. The second-order valence-corrected chi connectivity index (χ2v) is 9.17. The first-order valence-corrected chi connectivity index (χ1v) is 11.2. The molecule has 0 radical (unpaired) electrons. The molecule has 0 aliphatic carbocycles. The van der Waals surface area contributed by atoms with Crippen LogP contribution in [0.3, 0.4) is 0 Å². The van der Waals surface area contributed by atoms with E-state index in [1.54, 1.807) is 31.7 Å². The topological polar surface area (TPSA) is 61.9 Å². The fourth-order valence-corrected chi connectivity index (χ4v) is 3.69. The summed E-state index contributed by atoms with van der Waals surface area (Å²) in [6, 6.07) is 13.9. The Morgan fingerprint density at radius 1 is 0.971 bits per heavy atom. The van der Waals surface area contributed by atoms with Gasteiger partial charge in [-0.05, 0) is 51.0 Å². The van der Waals surface area contributed by atoms with Crippen molar-refractivity contribution in [2.24, 2.45) is 0 Å². The van der Waals surface area contributed by atoms with Gasteiger partial charge in [0, 0.05) is 44.1 Å². The number of alkyl halides is 3. The highest BCUT2D eigenvalue weighted by molar-refractivity contribution is 6.05. The molecule has 1 amide bonds. The smallest absolute Gasteiger partial charge is 0.444 e. The van der Waals surface area contributed by atoms with E-state index in [0.717, 1.165) is 5.56 Å². The number of carbonyl (C=O) groups is 2. The normalized spacial score (nSPS) is 14.6. The second-order valence-electron chi connectivity index (χ2n) is 9.17. The van der Waals surface area contributed by atoms with Crippen LogP contribution in [0.25, 0.3) is 0 Å². The van der Waals surface area contributed by atoms with Crippen LogP contribution in [-0.2, 0) is 11.2 Å². The number of nitrogens with zero attached hydrogens (tertiary/aromatic N) is 2. The van der Waals surface area contributed by atoms with Crippen molar-refractivity contribution in [1.82, 2.24) is 4.90 Å². The average molecular weight is 478 g/mol. The fraction of sp³-hybridized carbons (Fsp3) is 0.440. The van der Waals surface area contributed by atoms with Gasteiger partial charge in [0.15, 0.2) is 0 Å². The van der Waals surface area contributed by atoms with Gasteiger partial charge in [-0.1, -0.05) is 30.3 Å². The molecule has 2 aromatic rings. The fourth-order valence-electron chi connectivity index (χ4n) is 3.69. The maximum Gasteiger partial charge on any atom is 0.454 e. The summed E-state index contributed by atoms with van der Waals surface area (Å²) >= 11 is 0. The Hall–Kier alpha value is -3.23. The SMILES string of the molecule is CC(C)(C)OC(=O)N1CCN(c2ccc(C(=O)C(F)(F)F)c(NCCc3ccccc3)c2)CC1. The van der Waals surface area contributed by atoms with Crippen LogP contribution in [0.1, 0.15) is 36.7 Å². The van der Waals surface area contributed by atoms with E-state index < -0.39 is 23.1 Å². The number of Topliss-reactive ketones (excluding diaryl/α,β-unsaturated/α-hetero) is 1. The van der Waals surface area contributed by atoms with Crippen LogP contribution < -0.4 is 10.2 Å². The van der Waals surface area contributed by atoms with E-state index in [4.69, 9.17) is 4.74 Å². The number of piperazine rings is 1. The molecular formula is C25H30F3N3O3. The van der Waals surface area contributed by atoms with Gasteiger partial charge in [-0.15, -0.1) is 0 Å². The van der Waals surface area contributed by atoms with Crippen molar-refractivity contribution in [3.05, 3.63) is 59.7 Å². The Morgan fingerprint density at radius 3 is 2.21 bits per heavy atom. The van der Waals surface area contributed by atoms with Crippen LogP contribution in [0, 0.1) is 0 Å². The molecular weight excluding hydrogens is 447 g/mol. The predicted octanol–water partition coefficient (Wildman–Crippen LogP) is 5.14. The van der Waals surface area contributed by atoms with Crippen molar-refractivity contribution >= 4 is 23.3 Å². The maximum absolute atomic E-state index is 13.2. The highest BCUT2D eigenvalue weighted by atomic mass is 19.4. The van der Waals surface area contributed by atoms with Gasteiger partial charge in [-0.25, -0.2) is 4.79 Å². The van der Waals surface area contributed by atoms with Crippen LogP contribution in [0.5, 0.6) is 0 Å². The monoisotopic (exact) mass is 477 g/mol. The molecule has 1 saturated heterocycles. The number of halogens is 3. The molecule has 0 aromatic heterocycles. The summed E-state index contributed by atoms with van der Waals surface area (Å²) in [6.45, 7) is 7.62. The third-order valence-corrected chi connectivity index (χ3v) is 5.37. The number of hydrogen-bond donors (Lipinski definition) is 1. The zero-order valence-corrected chi connectivity index (χ0v) is 19.6. The summed E-state index contributed by atoms with van der Waals surface area (Å²) in [5.41, 5.74) is 0.870. The number of nitrogens with one attached hydrogen (secondary N) is 1. The first kappa shape index (κ1) is 25.4. The van der Waals surface area contributed by atoms with Gasteiger partial charge in [0.05, 0.1) is 5.56 Å². The van der Waals surface area contributed by atoms with E-state index in [9.17, 15) is 22.8 Å². The number of hydrogen-bond acceptors (Lipinski definition) is 5. The van der Waals surface area contributed by atoms with Gasteiger partial charge in [0.2, 0.25) is 0 Å². The molecule has 9 heteroatoms. The first-order valence-electron chi connectivity index (χ1n) is 11.2. The number of anilines is 2.